The lowest BCUT2D eigenvalue weighted by molar-refractivity contribution is 0.180. The van der Waals surface area contributed by atoms with Crippen LogP contribution in [0.1, 0.15) is 26.2 Å². The molecule has 0 radical (unpaired) electrons. The number of nitrogens with one attached hydrogen (secondary N) is 1. The van der Waals surface area contributed by atoms with E-state index in [-0.39, 0.29) is 0 Å². The molecule has 3 heterocycles. The number of nitrogens with zero attached hydrogens (tertiary/aromatic N) is 4. The maximum Gasteiger partial charge on any atom is 0.154 e. The Morgan fingerprint density at radius 3 is 2.85 bits per heavy atom. The summed E-state index contributed by atoms with van der Waals surface area (Å²) in [5.74, 6) is 0.895. The van der Waals surface area contributed by atoms with Gasteiger partial charge in [-0.05, 0) is 38.9 Å². The summed E-state index contributed by atoms with van der Waals surface area (Å²) in [6.45, 7) is 5.66. The number of fused-ring (bicyclic) bond motifs is 1. The molecule has 0 spiro atoms. The number of piperidine rings is 1. The molecule has 0 aliphatic carbocycles. The molecule has 108 valence electrons. The van der Waals surface area contributed by atoms with Crippen LogP contribution in [0.3, 0.4) is 0 Å². The molecule has 0 aromatic carbocycles. The van der Waals surface area contributed by atoms with Gasteiger partial charge in [0.15, 0.2) is 5.82 Å². The van der Waals surface area contributed by atoms with Crippen molar-refractivity contribution in [2.24, 2.45) is 7.05 Å². The largest absolute Gasteiger partial charge is 0.367 e. The van der Waals surface area contributed by atoms with Crippen molar-refractivity contribution in [1.82, 2.24) is 19.4 Å². The molecule has 20 heavy (non-hydrogen) atoms. The Labute approximate surface area is 120 Å². The standard InChI is InChI=1S/C15H23N5/c1-12(20-8-4-3-5-9-20)10-17-15-14-13(6-7-16-15)19(2)11-18-14/h6-7,11-12H,3-5,8-10H2,1-2H3,(H,16,17). The van der Waals surface area contributed by atoms with Gasteiger partial charge in [0.2, 0.25) is 0 Å². The van der Waals surface area contributed by atoms with Crippen molar-refractivity contribution in [1.29, 1.82) is 0 Å². The van der Waals surface area contributed by atoms with Gasteiger partial charge >= 0.3 is 0 Å². The lowest BCUT2D eigenvalue weighted by Crippen LogP contribution is -2.41. The highest BCUT2D eigenvalue weighted by molar-refractivity contribution is 5.85. The van der Waals surface area contributed by atoms with Gasteiger partial charge in [0, 0.05) is 25.8 Å². The number of aromatic nitrogens is 3. The second-order valence-corrected chi connectivity index (χ2v) is 5.71. The second kappa shape index (κ2) is 5.79. The van der Waals surface area contributed by atoms with Crippen molar-refractivity contribution < 1.29 is 0 Å². The van der Waals surface area contributed by atoms with Crippen molar-refractivity contribution in [3.8, 4) is 0 Å². The Hall–Kier alpha value is -1.62. The van der Waals surface area contributed by atoms with Gasteiger partial charge in [0.05, 0.1) is 11.8 Å². The Morgan fingerprint density at radius 1 is 1.25 bits per heavy atom. The average Bonchev–Trinajstić information content (AvgIpc) is 2.88. The van der Waals surface area contributed by atoms with E-state index in [9.17, 15) is 0 Å². The van der Waals surface area contributed by atoms with Crippen molar-refractivity contribution >= 4 is 16.9 Å². The third-order valence-corrected chi connectivity index (χ3v) is 4.22. The van der Waals surface area contributed by atoms with Crippen LogP contribution in [0.5, 0.6) is 0 Å². The van der Waals surface area contributed by atoms with E-state index in [0.717, 1.165) is 23.4 Å². The molecule has 2 aromatic rings. The minimum Gasteiger partial charge on any atom is -0.367 e. The zero-order chi connectivity index (χ0) is 13.9. The van der Waals surface area contributed by atoms with Crippen LogP contribution < -0.4 is 5.32 Å². The summed E-state index contributed by atoms with van der Waals surface area (Å²) < 4.78 is 2.02. The molecular weight excluding hydrogens is 250 g/mol. The first kappa shape index (κ1) is 13.4. The number of likely N-dealkylation sites (tertiary alicyclic amines) is 1. The van der Waals surface area contributed by atoms with Crippen LogP contribution in [0.4, 0.5) is 5.82 Å². The molecule has 2 aromatic heterocycles. The minimum absolute atomic E-state index is 0.538. The van der Waals surface area contributed by atoms with E-state index in [1.54, 1.807) is 0 Å². The average molecular weight is 273 g/mol. The number of rotatable bonds is 4. The minimum atomic E-state index is 0.538. The first-order chi connectivity index (χ1) is 9.75. The lowest BCUT2D eigenvalue weighted by Gasteiger charge is -2.32. The third kappa shape index (κ3) is 2.63. The number of anilines is 1. The van der Waals surface area contributed by atoms with E-state index in [4.69, 9.17) is 0 Å². The molecule has 1 aliphatic rings. The van der Waals surface area contributed by atoms with Gasteiger partial charge in [-0.1, -0.05) is 6.42 Å². The van der Waals surface area contributed by atoms with Gasteiger partial charge < -0.3 is 9.88 Å². The number of hydrogen-bond acceptors (Lipinski definition) is 4. The summed E-state index contributed by atoms with van der Waals surface area (Å²) >= 11 is 0. The van der Waals surface area contributed by atoms with Gasteiger partial charge in [-0.3, -0.25) is 4.90 Å². The monoisotopic (exact) mass is 273 g/mol. The summed E-state index contributed by atoms with van der Waals surface area (Å²) in [5.41, 5.74) is 2.08. The normalized spacial score (nSPS) is 18.3. The van der Waals surface area contributed by atoms with Crippen LogP contribution in [0, 0.1) is 0 Å². The van der Waals surface area contributed by atoms with Crippen molar-refractivity contribution in [2.75, 3.05) is 25.0 Å². The predicted molar refractivity (Wildman–Crippen MR) is 81.9 cm³/mol. The Kier molecular flexibility index (Phi) is 3.87. The van der Waals surface area contributed by atoms with Crippen LogP contribution in [0.15, 0.2) is 18.6 Å². The Balaban J connectivity index is 1.67. The summed E-state index contributed by atoms with van der Waals surface area (Å²) in [6.07, 6.45) is 7.73. The van der Waals surface area contributed by atoms with Crippen molar-refractivity contribution in [2.45, 2.75) is 32.2 Å². The molecular formula is C15H23N5. The Morgan fingerprint density at radius 2 is 2.05 bits per heavy atom. The van der Waals surface area contributed by atoms with Gasteiger partial charge in [-0.25, -0.2) is 9.97 Å². The number of pyridine rings is 1. The first-order valence-electron chi connectivity index (χ1n) is 7.49. The van der Waals surface area contributed by atoms with E-state index in [1.165, 1.54) is 32.4 Å². The molecule has 1 atom stereocenters. The maximum absolute atomic E-state index is 4.43. The topological polar surface area (TPSA) is 46.0 Å². The maximum atomic E-state index is 4.43. The highest BCUT2D eigenvalue weighted by Crippen LogP contribution is 2.19. The fourth-order valence-corrected chi connectivity index (χ4v) is 2.92. The smallest absolute Gasteiger partial charge is 0.154 e. The van der Waals surface area contributed by atoms with Crippen molar-refractivity contribution in [3.05, 3.63) is 18.6 Å². The van der Waals surface area contributed by atoms with Crippen LogP contribution in [-0.4, -0.2) is 45.1 Å². The molecule has 5 nitrogen and oxygen atoms in total. The molecule has 1 saturated heterocycles. The van der Waals surface area contributed by atoms with Crippen molar-refractivity contribution in [3.63, 3.8) is 0 Å². The Bertz CT molecular complexity index is 571. The molecule has 3 rings (SSSR count). The summed E-state index contributed by atoms with van der Waals surface area (Å²) in [5, 5.41) is 3.47. The molecule has 1 aliphatic heterocycles. The molecule has 1 N–H and O–H groups in total. The highest BCUT2D eigenvalue weighted by Gasteiger charge is 2.17. The lowest BCUT2D eigenvalue weighted by atomic mass is 10.1. The summed E-state index contributed by atoms with van der Waals surface area (Å²) in [4.78, 5) is 11.4. The molecule has 5 heteroatoms. The van der Waals surface area contributed by atoms with E-state index < -0.39 is 0 Å². The van der Waals surface area contributed by atoms with E-state index in [0.29, 0.717) is 6.04 Å². The quantitative estimate of drug-likeness (QED) is 0.928. The van der Waals surface area contributed by atoms with Gasteiger partial charge in [0.25, 0.3) is 0 Å². The SMILES string of the molecule is CC(CNc1nccc2c1ncn2C)N1CCCCC1. The van der Waals surface area contributed by atoms with Gasteiger partial charge in [-0.2, -0.15) is 0 Å². The first-order valence-corrected chi connectivity index (χ1v) is 7.49. The fraction of sp³-hybridized carbons (Fsp3) is 0.600. The number of aryl methyl sites for hydroxylation is 1. The molecule has 1 unspecified atom stereocenters. The zero-order valence-corrected chi connectivity index (χ0v) is 12.3. The van der Waals surface area contributed by atoms with E-state index in [1.807, 2.05) is 30.2 Å². The highest BCUT2D eigenvalue weighted by atomic mass is 15.2. The second-order valence-electron chi connectivity index (χ2n) is 5.71. The number of hydrogen-bond donors (Lipinski definition) is 1. The number of imidazole rings is 1. The van der Waals surface area contributed by atoms with Gasteiger partial charge in [0.1, 0.15) is 5.52 Å². The molecule has 0 saturated carbocycles. The summed E-state index contributed by atoms with van der Waals surface area (Å²) in [6, 6.07) is 2.54. The molecule has 1 fully saturated rings. The molecule has 0 amide bonds. The van der Waals surface area contributed by atoms with Crippen LogP contribution in [0.25, 0.3) is 11.0 Å². The van der Waals surface area contributed by atoms with Crippen LogP contribution in [0.2, 0.25) is 0 Å². The fourth-order valence-electron chi connectivity index (χ4n) is 2.92. The summed E-state index contributed by atoms with van der Waals surface area (Å²) in [7, 11) is 2.01. The zero-order valence-electron chi connectivity index (χ0n) is 12.3. The van der Waals surface area contributed by atoms with Crippen LogP contribution in [-0.2, 0) is 7.05 Å². The van der Waals surface area contributed by atoms with E-state index >= 15 is 0 Å². The van der Waals surface area contributed by atoms with Crippen LogP contribution >= 0.6 is 0 Å². The third-order valence-electron chi connectivity index (χ3n) is 4.22. The predicted octanol–water partition coefficient (Wildman–Crippen LogP) is 2.25. The van der Waals surface area contributed by atoms with E-state index in [2.05, 4.69) is 27.1 Å². The molecule has 0 bridgehead atoms. The van der Waals surface area contributed by atoms with Gasteiger partial charge in [-0.15, -0.1) is 0 Å².